The van der Waals surface area contributed by atoms with Gasteiger partial charge in [0.25, 0.3) is 0 Å². The molecular formula is C19H33N7O3. The third-order valence-electron chi connectivity index (χ3n) is 6.96. The van der Waals surface area contributed by atoms with Crippen molar-refractivity contribution < 1.29 is 14.6 Å². The standard InChI is InChI=1S/C19H33N7O3/c1-24-6-2-3-14(24)12-29-18-22-16-10-21-9-15(16)17(23-18)25-7-8-26(19(27)28)13(11-25)4-5-20/h13-18,21-23H,2-4,6-12H2,1H3,(H,27,28)/t13-,14-,15?,16?,17?,18?/m0/s1. The Morgan fingerprint density at radius 3 is 2.83 bits per heavy atom. The van der Waals surface area contributed by atoms with Crippen LogP contribution in [0.2, 0.25) is 0 Å². The van der Waals surface area contributed by atoms with Crippen LogP contribution in [0.1, 0.15) is 19.3 Å². The van der Waals surface area contributed by atoms with Crippen molar-refractivity contribution in [2.24, 2.45) is 5.92 Å². The van der Waals surface area contributed by atoms with Gasteiger partial charge in [-0.3, -0.25) is 15.5 Å². The summed E-state index contributed by atoms with van der Waals surface area (Å²) in [4.78, 5) is 17.6. The predicted molar refractivity (Wildman–Crippen MR) is 106 cm³/mol. The van der Waals surface area contributed by atoms with Crippen LogP contribution in [-0.4, -0.2) is 109 Å². The topological polar surface area (TPSA) is 116 Å². The first-order chi connectivity index (χ1) is 14.1. The van der Waals surface area contributed by atoms with Crippen LogP contribution in [0.5, 0.6) is 0 Å². The summed E-state index contributed by atoms with van der Waals surface area (Å²) in [5.41, 5.74) is 0. The molecule has 4 rings (SSSR count). The van der Waals surface area contributed by atoms with Gasteiger partial charge in [-0.1, -0.05) is 0 Å². The number of hydrogen-bond donors (Lipinski definition) is 4. The Labute approximate surface area is 172 Å². The van der Waals surface area contributed by atoms with Crippen molar-refractivity contribution in [3.8, 4) is 6.07 Å². The number of carboxylic acid groups (broad SMARTS) is 1. The number of rotatable bonds is 5. The molecule has 29 heavy (non-hydrogen) atoms. The second kappa shape index (κ2) is 9.12. The molecule has 4 aliphatic rings. The van der Waals surface area contributed by atoms with E-state index in [1.807, 2.05) is 0 Å². The fourth-order valence-corrected chi connectivity index (χ4v) is 5.27. The maximum Gasteiger partial charge on any atom is 0.407 e. The fourth-order valence-electron chi connectivity index (χ4n) is 5.27. The van der Waals surface area contributed by atoms with Gasteiger partial charge in [-0.2, -0.15) is 5.26 Å². The van der Waals surface area contributed by atoms with Crippen LogP contribution in [-0.2, 0) is 4.74 Å². The molecule has 1 amide bonds. The van der Waals surface area contributed by atoms with Gasteiger partial charge in [0.2, 0.25) is 0 Å². The first kappa shape index (κ1) is 20.8. The summed E-state index contributed by atoms with van der Waals surface area (Å²) in [5.74, 6) is 0.378. The number of likely N-dealkylation sites (tertiary alicyclic amines) is 1. The minimum Gasteiger partial charge on any atom is -0.465 e. The zero-order valence-electron chi connectivity index (χ0n) is 17.1. The Morgan fingerprint density at radius 2 is 2.10 bits per heavy atom. The molecule has 0 radical (unpaired) electrons. The molecule has 4 aliphatic heterocycles. The third kappa shape index (κ3) is 4.50. The maximum absolute atomic E-state index is 11.5. The molecule has 0 aromatic rings. The summed E-state index contributed by atoms with van der Waals surface area (Å²) in [6.45, 7) is 5.30. The van der Waals surface area contributed by atoms with Crippen molar-refractivity contribution in [1.29, 1.82) is 5.26 Å². The number of nitriles is 1. The van der Waals surface area contributed by atoms with E-state index in [0.717, 1.165) is 19.6 Å². The Hall–Kier alpha value is -1.48. The summed E-state index contributed by atoms with van der Waals surface area (Å²) in [7, 11) is 2.15. The Bertz CT molecular complexity index is 629. The second-order valence-electron chi connectivity index (χ2n) is 8.68. The van der Waals surface area contributed by atoms with Gasteiger partial charge in [0.15, 0.2) is 6.35 Å². The van der Waals surface area contributed by atoms with Crippen LogP contribution in [0.3, 0.4) is 0 Å². The van der Waals surface area contributed by atoms with Crippen LogP contribution < -0.4 is 16.0 Å². The van der Waals surface area contributed by atoms with E-state index in [-0.39, 0.29) is 25.0 Å². The Kier molecular flexibility index (Phi) is 6.53. The number of amides is 1. The second-order valence-corrected chi connectivity index (χ2v) is 8.68. The van der Waals surface area contributed by atoms with Crippen molar-refractivity contribution in [1.82, 2.24) is 30.7 Å². The zero-order valence-corrected chi connectivity index (χ0v) is 17.1. The van der Waals surface area contributed by atoms with Crippen molar-refractivity contribution in [3.63, 3.8) is 0 Å². The molecule has 10 nitrogen and oxygen atoms in total. The molecule has 10 heteroatoms. The predicted octanol–water partition coefficient (Wildman–Crippen LogP) is -0.934. The molecule has 0 aliphatic carbocycles. The van der Waals surface area contributed by atoms with Crippen molar-refractivity contribution >= 4 is 6.09 Å². The minimum atomic E-state index is -0.939. The van der Waals surface area contributed by atoms with Gasteiger partial charge in [0, 0.05) is 50.7 Å². The molecule has 4 heterocycles. The maximum atomic E-state index is 11.5. The number of hydrogen-bond acceptors (Lipinski definition) is 8. The minimum absolute atomic E-state index is 0.0969. The number of ether oxygens (including phenoxy) is 1. The van der Waals surface area contributed by atoms with Gasteiger partial charge < -0.3 is 25.0 Å². The lowest BCUT2D eigenvalue weighted by molar-refractivity contribution is -0.0886. The summed E-state index contributed by atoms with van der Waals surface area (Å²) in [5, 5.41) is 29.3. The van der Waals surface area contributed by atoms with E-state index in [0.29, 0.717) is 44.2 Å². The summed E-state index contributed by atoms with van der Waals surface area (Å²) < 4.78 is 6.23. The summed E-state index contributed by atoms with van der Waals surface area (Å²) >= 11 is 0. The molecule has 0 spiro atoms. The number of piperazine rings is 1. The summed E-state index contributed by atoms with van der Waals surface area (Å²) in [6, 6.07) is 2.65. The molecule has 0 aromatic heterocycles. The largest absolute Gasteiger partial charge is 0.465 e. The lowest BCUT2D eigenvalue weighted by Crippen LogP contribution is -2.71. The van der Waals surface area contributed by atoms with Gasteiger partial charge in [0.1, 0.15) is 0 Å². The van der Waals surface area contributed by atoms with Gasteiger partial charge in [0.05, 0.1) is 31.3 Å². The third-order valence-corrected chi connectivity index (χ3v) is 6.96. The average Bonchev–Trinajstić information content (AvgIpc) is 3.34. The van der Waals surface area contributed by atoms with Crippen LogP contribution >= 0.6 is 0 Å². The highest BCUT2D eigenvalue weighted by Crippen LogP contribution is 2.25. The fraction of sp³-hybridized carbons (Fsp3) is 0.895. The molecule has 4 saturated heterocycles. The van der Waals surface area contributed by atoms with Crippen molar-refractivity contribution in [3.05, 3.63) is 0 Å². The Balaban J connectivity index is 1.40. The number of likely N-dealkylation sites (N-methyl/N-ethyl adjacent to an activating group) is 1. The van der Waals surface area contributed by atoms with Crippen LogP contribution in [0.4, 0.5) is 4.79 Å². The highest BCUT2D eigenvalue weighted by Gasteiger charge is 2.45. The number of nitrogens with zero attached hydrogens (tertiary/aromatic N) is 4. The smallest absolute Gasteiger partial charge is 0.407 e. The monoisotopic (exact) mass is 407 g/mol. The highest BCUT2D eigenvalue weighted by atomic mass is 16.5. The Morgan fingerprint density at radius 1 is 1.24 bits per heavy atom. The lowest BCUT2D eigenvalue weighted by atomic mass is 9.95. The van der Waals surface area contributed by atoms with Crippen LogP contribution in [0.15, 0.2) is 0 Å². The zero-order chi connectivity index (χ0) is 20.4. The average molecular weight is 408 g/mol. The van der Waals surface area contributed by atoms with E-state index in [1.165, 1.54) is 17.7 Å². The van der Waals surface area contributed by atoms with Crippen LogP contribution in [0.25, 0.3) is 0 Å². The van der Waals surface area contributed by atoms with E-state index in [2.05, 4.69) is 38.9 Å². The van der Waals surface area contributed by atoms with E-state index >= 15 is 0 Å². The van der Waals surface area contributed by atoms with Gasteiger partial charge in [-0.25, -0.2) is 4.79 Å². The lowest BCUT2D eigenvalue weighted by Gasteiger charge is -2.49. The molecule has 0 aromatic carbocycles. The SMILES string of the molecule is CN1CCC[C@H]1COC1NC2CNCC2C(N2CCN(C(=O)O)[C@@H](CC#N)C2)N1. The molecule has 0 bridgehead atoms. The molecule has 4 N–H and O–H groups in total. The first-order valence-corrected chi connectivity index (χ1v) is 10.7. The highest BCUT2D eigenvalue weighted by molar-refractivity contribution is 5.65. The first-order valence-electron chi connectivity index (χ1n) is 10.7. The molecule has 6 atom stereocenters. The molecule has 4 unspecified atom stereocenters. The van der Waals surface area contributed by atoms with Gasteiger partial charge in [-0.05, 0) is 26.4 Å². The number of fused-ring (bicyclic) bond motifs is 1. The summed E-state index contributed by atoms with van der Waals surface area (Å²) in [6.07, 6.45) is 1.55. The van der Waals surface area contributed by atoms with Gasteiger partial charge >= 0.3 is 6.09 Å². The van der Waals surface area contributed by atoms with Gasteiger partial charge in [-0.15, -0.1) is 0 Å². The molecule has 0 saturated carbocycles. The number of nitrogens with one attached hydrogen (secondary N) is 3. The normalized spacial score (nSPS) is 38.7. The van der Waals surface area contributed by atoms with Crippen LogP contribution in [0, 0.1) is 17.2 Å². The van der Waals surface area contributed by atoms with E-state index in [9.17, 15) is 9.90 Å². The molecular weight excluding hydrogens is 374 g/mol. The van der Waals surface area contributed by atoms with E-state index in [4.69, 9.17) is 10.00 Å². The van der Waals surface area contributed by atoms with E-state index in [1.54, 1.807) is 0 Å². The van der Waals surface area contributed by atoms with Crippen molar-refractivity contribution in [2.75, 3.05) is 52.9 Å². The number of carbonyl (C=O) groups is 1. The van der Waals surface area contributed by atoms with E-state index < -0.39 is 6.09 Å². The molecule has 162 valence electrons. The molecule has 4 fully saturated rings. The van der Waals surface area contributed by atoms with Crippen molar-refractivity contribution in [2.45, 2.75) is 49.9 Å². The quantitative estimate of drug-likeness (QED) is 0.458.